The average Bonchev–Trinajstić information content (AvgIpc) is 3.11. The highest BCUT2D eigenvalue weighted by Crippen LogP contribution is 2.28. The van der Waals surface area contributed by atoms with Crippen LogP contribution in [0.25, 0.3) is 15.9 Å². The zero-order valence-electron chi connectivity index (χ0n) is 19.3. The first-order chi connectivity index (χ1) is 13.9. The molecule has 1 amide bonds. The lowest BCUT2D eigenvalue weighted by atomic mass is 9.92. The third kappa shape index (κ3) is 2.84. The molecule has 7 heteroatoms. The maximum absolute atomic E-state index is 12.3. The summed E-state index contributed by atoms with van der Waals surface area (Å²) in [5.41, 5.74) is 0.357. The third-order valence-corrected chi connectivity index (χ3v) is 3.89. The molecule has 1 saturated heterocycles. The largest absolute Gasteiger partial charge is 0.354 e. The van der Waals surface area contributed by atoms with Crippen molar-refractivity contribution in [3.63, 3.8) is 0 Å². The summed E-state index contributed by atoms with van der Waals surface area (Å²) < 4.78 is 56.9. The molecule has 2 atom stereocenters. The van der Waals surface area contributed by atoms with E-state index in [0.29, 0.717) is 11.0 Å². The molecule has 0 spiro atoms. The van der Waals surface area contributed by atoms with Crippen LogP contribution < -0.4 is 4.90 Å². The summed E-state index contributed by atoms with van der Waals surface area (Å²) in [6.07, 6.45) is 2.43. The number of aromatic nitrogens is 3. The van der Waals surface area contributed by atoms with E-state index in [-0.39, 0.29) is 25.3 Å². The monoisotopic (exact) mass is 319 g/mol. The Hall–Kier alpha value is -2.62. The number of hydrogen-bond donors (Lipinski definition) is 1. The Bertz CT molecular complexity index is 981. The van der Waals surface area contributed by atoms with Gasteiger partial charge in [0.05, 0.1) is 11.4 Å². The summed E-state index contributed by atoms with van der Waals surface area (Å²) in [4.78, 5) is 28.4. The summed E-state index contributed by atoms with van der Waals surface area (Å²) in [6, 6.07) is 0.142. The summed E-state index contributed by atoms with van der Waals surface area (Å²) >= 11 is 0. The van der Waals surface area contributed by atoms with E-state index in [4.69, 9.17) is 16.2 Å². The van der Waals surface area contributed by atoms with E-state index < -0.39 is 38.2 Å². The molecule has 0 bridgehead atoms. The molecule has 3 heterocycles. The van der Waals surface area contributed by atoms with Crippen molar-refractivity contribution in [1.29, 1.82) is 0 Å². The number of anilines is 1. The molecule has 1 aliphatic rings. The highest BCUT2D eigenvalue weighted by Gasteiger charge is 2.33. The number of H-pyrrole nitrogens is 1. The van der Waals surface area contributed by atoms with Gasteiger partial charge in [0, 0.05) is 35.9 Å². The van der Waals surface area contributed by atoms with Crippen LogP contribution in [-0.2, 0) is 4.79 Å². The number of aromatic amines is 1. The second kappa shape index (κ2) is 6.24. The molecule has 0 unspecified atom stereocenters. The maximum atomic E-state index is 12.3. The summed E-state index contributed by atoms with van der Waals surface area (Å²) in [6.45, 7) is 0.411. The minimum atomic E-state index is -2.85. The van der Waals surface area contributed by atoms with Crippen LogP contribution in [0.2, 0.25) is 0 Å². The second-order valence-electron chi connectivity index (χ2n) is 5.25. The van der Waals surface area contributed by atoms with Crippen molar-refractivity contribution in [2.24, 2.45) is 5.89 Å². The van der Waals surface area contributed by atoms with E-state index in [1.165, 1.54) is 4.90 Å². The van der Waals surface area contributed by atoms with Crippen molar-refractivity contribution in [2.45, 2.75) is 19.3 Å². The Morgan fingerprint density at radius 1 is 1.70 bits per heavy atom. The quantitative estimate of drug-likeness (QED) is 0.872. The standard InChI is InChI=1S/C16H20N6O/c1-11-5-7-22(14(23)8-17-2)9-13(11)21(3)16-12-4-6-18-15(12)19-10-20-16/h4,6,10-11,13H,5,7-9H2,1,3H3,(H,18,19,20)/t11-,13+/m1/s1/i1D3,3D3,11D. The molecule has 0 saturated carbocycles. The van der Waals surface area contributed by atoms with Gasteiger partial charge in [-0.1, -0.05) is 6.85 Å². The Balaban J connectivity index is 2.17. The van der Waals surface area contributed by atoms with Crippen molar-refractivity contribution >= 4 is 22.8 Å². The fourth-order valence-electron chi connectivity index (χ4n) is 2.66. The van der Waals surface area contributed by atoms with E-state index in [2.05, 4.69) is 19.8 Å². The Morgan fingerprint density at radius 3 is 3.39 bits per heavy atom. The van der Waals surface area contributed by atoms with Gasteiger partial charge in [0.2, 0.25) is 0 Å². The maximum Gasteiger partial charge on any atom is 0.302 e. The second-order valence-corrected chi connectivity index (χ2v) is 5.25. The summed E-state index contributed by atoms with van der Waals surface area (Å²) in [5.74, 6) is -2.77. The highest BCUT2D eigenvalue weighted by molar-refractivity contribution is 5.87. The molecule has 120 valence electrons. The fraction of sp³-hybridized carbons (Fsp3) is 0.500. The summed E-state index contributed by atoms with van der Waals surface area (Å²) in [5, 5.41) is 0.353. The van der Waals surface area contributed by atoms with E-state index in [9.17, 15) is 4.79 Å². The molecule has 1 fully saturated rings. The number of fused-ring (bicyclic) bond motifs is 1. The van der Waals surface area contributed by atoms with Crippen molar-refractivity contribution in [3.8, 4) is 0 Å². The van der Waals surface area contributed by atoms with Crippen LogP contribution in [0.5, 0.6) is 0 Å². The molecule has 0 radical (unpaired) electrons. The van der Waals surface area contributed by atoms with Crippen LogP contribution in [0.4, 0.5) is 5.82 Å². The predicted octanol–water partition coefficient (Wildman–Crippen LogP) is 1.55. The zero-order chi connectivity index (χ0) is 22.3. The number of piperidine rings is 1. The smallest absolute Gasteiger partial charge is 0.302 e. The van der Waals surface area contributed by atoms with Crippen LogP contribution in [0, 0.1) is 12.5 Å². The highest BCUT2D eigenvalue weighted by atomic mass is 16.2. The van der Waals surface area contributed by atoms with Crippen molar-refractivity contribution in [3.05, 3.63) is 30.0 Å². The van der Waals surface area contributed by atoms with Gasteiger partial charge < -0.3 is 19.6 Å². The minimum Gasteiger partial charge on any atom is -0.354 e. The number of carbonyl (C=O) groups excluding carboxylic acids is 1. The van der Waals surface area contributed by atoms with Gasteiger partial charge in [-0.3, -0.25) is 4.79 Å². The molecule has 0 aromatic carbocycles. The predicted molar refractivity (Wildman–Crippen MR) is 87.9 cm³/mol. The van der Waals surface area contributed by atoms with Gasteiger partial charge in [-0.2, -0.15) is 0 Å². The lowest BCUT2D eigenvalue weighted by Crippen LogP contribution is -2.53. The number of carbonyl (C=O) groups is 1. The number of amides is 1. The summed E-state index contributed by atoms with van der Waals surface area (Å²) in [7, 11) is 0. The van der Waals surface area contributed by atoms with Crippen LogP contribution in [0.15, 0.2) is 18.6 Å². The molecule has 0 aliphatic carbocycles. The van der Waals surface area contributed by atoms with E-state index in [1.807, 2.05) is 0 Å². The number of nitrogens with one attached hydrogen (secondary N) is 1. The topological polar surface area (TPSA) is 69.5 Å². The normalized spacial score (nSPS) is 30.0. The van der Waals surface area contributed by atoms with Crippen LogP contribution in [0.1, 0.15) is 22.9 Å². The molecule has 2 aromatic rings. The number of rotatable bonds is 3. The molecular formula is C16H20N6O. The SMILES string of the molecule is [2H]C([2H])([2H])N(c1ncnc2[nH]ccc12)[C@H]1CN(C(=O)C[N+]#[C-])CC[C@@]1([2H])C([2H])([2H])[2H]. The van der Waals surface area contributed by atoms with Gasteiger partial charge in [0.1, 0.15) is 17.8 Å². The molecule has 1 N–H and O–H groups in total. The van der Waals surface area contributed by atoms with E-state index in [1.54, 1.807) is 12.3 Å². The first kappa shape index (κ1) is 8.87. The van der Waals surface area contributed by atoms with E-state index >= 15 is 0 Å². The number of likely N-dealkylation sites (tertiary alicyclic amines) is 1. The van der Waals surface area contributed by atoms with Crippen molar-refractivity contribution < 1.29 is 14.4 Å². The molecule has 1 aliphatic heterocycles. The number of nitrogens with zero attached hydrogens (tertiary/aromatic N) is 5. The molecule has 23 heavy (non-hydrogen) atoms. The Labute approximate surface area is 145 Å². The lowest BCUT2D eigenvalue weighted by Gasteiger charge is -2.41. The third-order valence-electron chi connectivity index (χ3n) is 3.89. The lowest BCUT2D eigenvalue weighted by molar-refractivity contribution is -0.130. The van der Waals surface area contributed by atoms with Gasteiger partial charge in [0.25, 0.3) is 6.54 Å². The first-order valence-corrected chi connectivity index (χ1v) is 7.08. The first-order valence-electron chi connectivity index (χ1n) is 10.6. The number of hydrogen-bond acceptors (Lipinski definition) is 4. The zero-order valence-corrected chi connectivity index (χ0v) is 12.3. The molecule has 7 nitrogen and oxygen atoms in total. The molecule has 3 rings (SSSR count). The van der Waals surface area contributed by atoms with Crippen LogP contribution >= 0.6 is 0 Å². The Kier molecular flexibility index (Phi) is 2.41. The van der Waals surface area contributed by atoms with Crippen LogP contribution in [0.3, 0.4) is 0 Å². The molecule has 2 aromatic heterocycles. The van der Waals surface area contributed by atoms with Gasteiger partial charge in [-0.25, -0.2) is 16.5 Å². The fourth-order valence-corrected chi connectivity index (χ4v) is 2.66. The van der Waals surface area contributed by atoms with Gasteiger partial charge in [0.15, 0.2) is 0 Å². The van der Waals surface area contributed by atoms with E-state index in [0.717, 1.165) is 11.2 Å². The van der Waals surface area contributed by atoms with Crippen LogP contribution in [-0.4, -0.2) is 58.4 Å². The minimum absolute atomic E-state index is 0.0494. The number of likely N-dealkylation sites (N-methyl/N-ethyl adjacent to an activating group) is 1. The molecular weight excluding hydrogens is 292 g/mol. The average molecular weight is 319 g/mol. The van der Waals surface area contributed by atoms with Gasteiger partial charge >= 0.3 is 5.91 Å². The van der Waals surface area contributed by atoms with Gasteiger partial charge in [-0.15, -0.1) is 0 Å². The van der Waals surface area contributed by atoms with Gasteiger partial charge in [-0.05, 0) is 18.4 Å². The van der Waals surface area contributed by atoms with Crippen molar-refractivity contribution in [2.75, 3.05) is 31.5 Å². The Morgan fingerprint density at radius 2 is 2.61 bits per heavy atom. The van der Waals surface area contributed by atoms with Crippen molar-refractivity contribution in [1.82, 2.24) is 19.9 Å².